The number of aromatic nitrogens is 3. The highest BCUT2D eigenvalue weighted by Gasteiger charge is 2.45. The van der Waals surface area contributed by atoms with Crippen molar-refractivity contribution in [2.75, 3.05) is 23.3 Å². The highest BCUT2D eigenvalue weighted by atomic mass is 32.1. The minimum atomic E-state index is -2.15. The van der Waals surface area contributed by atoms with Crippen molar-refractivity contribution in [1.29, 1.82) is 0 Å². The summed E-state index contributed by atoms with van der Waals surface area (Å²) < 4.78 is 7.73. The Kier molecular flexibility index (Phi) is 7.62. The summed E-state index contributed by atoms with van der Waals surface area (Å²) in [5, 5.41) is 16.4. The van der Waals surface area contributed by atoms with Gasteiger partial charge in [-0.1, -0.05) is 27.7 Å². The van der Waals surface area contributed by atoms with E-state index in [4.69, 9.17) is 4.43 Å². The molecule has 2 aliphatic rings. The lowest BCUT2D eigenvalue weighted by Crippen LogP contribution is -2.62. The molecule has 0 unspecified atom stereocenters. The summed E-state index contributed by atoms with van der Waals surface area (Å²) in [4.78, 5) is 40.6. The second-order valence-corrected chi connectivity index (χ2v) is 18.3. The molecular weight excluding hydrogens is 544 g/mol. The van der Waals surface area contributed by atoms with E-state index in [0.29, 0.717) is 30.3 Å². The van der Waals surface area contributed by atoms with Crippen LogP contribution in [0.25, 0.3) is 10.3 Å². The van der Waals surface area contributed by atoms with Crippen molar-refractivity contribution in [1.82, 2.24) is 20.3 Å². The van der Waals surface area contributed by atoms with Gasteiger partial charge in [0, 0.05) is 31.1 Å². The Morgan fingerprint density at radius 2 is 1.90 bits per heavy atom. The lowest BCUT2D eigenvalue weighted by molar-refractivity contribution is 0.0722. The number of thiazole rings is 1. The predicted molar refractivity (Wildman–Crippen MR) is 160 cm³/mol. The van der Waals surface area contributed by atoms with Crippen LogP contribution in [0.2, 0.25) is 18.1 Å². The van der Waals surface area contributed by atoms with Gasteiger partial charge in [0.2, 0.25) is 0 Å². The first-order valence-corrected chi connectivity index (χ1v) is 17.5. The lowest BCUT2D eigenvalue weighted by Gasteiger charge is -2.48. The van der Waals surface area contributed by atoms with Gasteiger partial charge in [-0.05, 0) is 49.2 Å². The van der Waals surface area contributed by atoms with Crippen molar-refractivity contribution in [3.63, 3.8) is 0 Å². The fraction of sp³-hybridized carbons (Fsp3) is 0.536. The lowest BCUT2D eigenvalue weighted by atomic mass is 9.92. The Hall–Kier alpha value is -3.09. The zero-order chi connectivity index (χ0) is 28.8. The number of carbonyl (C=O) groups is 2. The molecular formula is C28H38N6O4SSi. The number of rotatable bonds is 7. The number of pyridine rings is 2. The van der Waals surface area contributed by atoms with Crippen LogP contribution < -0.4 is 15.5 Å². The Morgan fingerprint density at radius 3 is 2.58 bits per heavy atom. The fourth-order valence-corrected chi connectivity index (χ4v) is 7.38. The summed E-state index contributed by atoms with van der Waals surface area (Å²) in [5.74, 6) is 0.222. The molecule has 0 spiro atoms. The summed E-state index contributed by atoms with van der Waals surface area (Å²) in [6.45, 7) is 14.0. The molecule has 10 nitrogen and oxygen atoms in total. The van der Waals surface area contributed by atoms with E-state index in [2.05, 4.69) is 71.3 Å². The van der Waals surface area contributed by atoms with Gasteiger partial charge in [0.05, 0.1) is 39.4 Å². The average molecular weight is 583 g/mol. The number of carbonyl (C=O) groups excluding carboxylic acids is 1. The quantitative estimate of drug-likeness (QED) is 0.303. The zero-order valence-electron chi connectivity index (χ0n) is 23.9. The first-order chi connectivity index (χ1) is 18.8. The van der Waals surface area contributed by atoms with Crippen LogP contribution in [0.4, 0.5) is 16.2 Å². The maximum absolute atomic E-state index is 13.3. The number of fused-ring (bicyclic) bond motifs is 1. The molecule has 40 heavy (non-hydrogen) atoms. The average Bonchev–Trinajstić information content (AvgIpc) is 3.63. The van der Waals surface area contributed by atoms with Gasteiger partial charge >= 0.3 is 6.09 Å². The smallest absolute Gasteiger partial charge is 0.405 e. The Labute approximate surface area is 239 Å². The number of hydrogen-bond acceptors (Lipinski definition) is 8. The summed E-state index contributed by atoms with van der Waals surface area (Å²) in [7, 11) is -2.15. The second-order valence-electron chi connectivity index (χ2n) is 12.5. The van der Waals surface area contributed by atoms with Gasteiger partial charge < -0.3 is 25.1 Å². The minimum Gasteiger partial charge on any atom is -0.465 e. The summed E-state index contributed by atoms with van der Waals surface area (Å²) in [6, 6.07) is 5.03. The number of nitrogens with zero attached hydrogens (tertiary/aromatic N) is 4. The molecule has 2 amide bonds. The van der Waals surface area contributed by atoms with Crippen molar-refractivity contribution in [2.24, 2.45) is 5.92 Å². The fourth-order valence-electron chi connectivity index (χ4n) is 4.87. The molecule has 1 aliphatic carbocycles. The molecule has 2 fully saturated rings. The molecule has 3 aromatic heterocycles. The topological polar surface area (TPSA) is 130 Å². The molecule has 12 heteroatoms. The van der Waals surface area contributed by atoms with Crippen LogP contribution in [0.15, 0.2) is 30.6 Å². The zero-order valence-corrected chi connectivity index (χ0v) is 25.7. The highest BCUT2D eigenvalue weighted by Crippen LogP contribution is 2.43. The molecule has 3 atom stereocenters. The van der Waals surface area contributed by atoms with Crippen molar-refractivity contribution >= 4 is 53.4 Å². The van der Waals surface area contributed by atoms with Gasteiger partial charge in [0.25, 0.3) is 5.91 Å². The summed E-state index contributed by atoms with van der Waals surface area (Å²) >= 11 is 1.65. The number of hydrogen-bond donors (Lipinski definition) is 3. The Morgan fingerprint density at radius 1 is 1.15 bits per heavy atom. The van der Waals surface area contributed by atoms with Gasteiger partial charge in [-0.15, -0.1) is 11.3 Å². The van der Waals surface area contributed by atoms with Crippen LogP contribution in [0.5, 0.6) is 0 Å². The van der Waals surface area contributed by atoms with Gasteiger partial charge in [-0.3, -0.25) is 9.78 Å². The van der Waals surface area contributed by atoms with Crippen LogP contribution in [-0.2, 0) is 4.43 Å². The van der Waals surface area contributed by atoms with E-state index < -0.39 is 20.5 Å². The first-order valence-electron chi connectivity index (χ1n) is 13.8. The first kappa shape index (κ1) is 28.4. The SMILES string of the molecule is C[C@H]1CN(c2ccncc2NC(=O)c2ccc3sc(C4CC4)nc3n2)C[C@@H](NC(=O)O)[C@@H]1O[Si](C)(C)C(C)(C)C. The molecule has 3 aromatic rings. The third-order valence-corrected chi connectivity index (χ3v) is 13.9. The third kappa shape index (κ3) is 5.98. The molecule has 214 valence electrons. The van der Waals surface area contributed by atoms with Crippen molar-refractivity contribution in [3.05, 3.63) is 41.3 Å². The number of nitrogens with one attached hydrogen (secondary N) is 2. The van der Waals surface area contributed by atoms with Crippen LogP contribution in [0.1, 0.15) is 62.0 Å². The number of carboxylic acid groups (broad SMARTS) is 1. The van der Waals surface area contributed by atoms with E-state index in [1.54, 1.807) is 29.8 Å². The second kappa shape index (κ2) is 10.7. The third-order valence-electron chi connectivity index (χ3n) is 8.24. The summed E-state index contributed by atoms with van der Waals surface area (Å²) in [5.41, 5.74) is 2.20. The molecule has 0 aromatic carbocycles. The van der Waals surface area contributed by atoms with Crippen molar-refractivity contribution < 1.29 is 19.1 Å². The van der Waals surface area contributed by atoms with Crippen molar-refractivity contribution in [2.45, 2.75) is 76.7 Å². The van der Waals surface area contributed by atoms with E-state index >= 15 is 0 Å². The van der Waals surface area contributed by atoms with E-state index in [0.717, 1.165) is 28.2 Å². The number of piperidine rings is 1. The molecule has 0 radical (unpaired) electrons. The summed E-state index contributed by atoms with van der Waals surface area (Å²) in [6.07, 6.45) is 4.27. The van der Waals surface area contributed by atoms with E-state index in [1.165, 1.54) is 0 Å². The molecule has 1 aliphatic heterocycles. The van der Waals surface area contributed by atoms with Crippen LogP contribution in [0, 0.1) is 5.92 Å². The number of amides is 2. The molecule has 4 heterocycles. The predicted octanol–water partition coefficient (Wildman–Crippen LogP) is 5.70. The van der Waals surface area contributed by atoms with E-state index in [1.807, 2.05) is 12.1 Å². The standard InChI is InChI=1S/C28H38N6O4SSi/c1-16-14-34(15-20(32-27(36)37)23(16)38-40(5,6)28(2,3)4)21-11-12-29-13-19(21)31-25(35)18-9-10-22-24(30-18)33-26(39-22)17-7-8-17/h9-13,16-17,20,23,32H,7-8,14-15H2,1-6H3,(H,31,35)(H,36,37)/t16-,20+,23+/m0/s1. The maximum Gasteiger partial charge on any atom is 0.405 e. The maximum atomic E-state index is 13.3. The van der Waals surface area contributed by atoms with Crippen LogP contribution >= 0.6 is 11.3 Å². The molecule has 0 bridgehead atoms. The van der Waals surface area contributed by atoms with Crippen molar-refractivity contribution in [3.8, 4) is 0 Å². The highest BCUT2D eigenvalue weighted by molar-refractivity contribution is 7.18. The monoisotopic (exact) mass is 582 g/mol. The largest absolute Gasteiger partial charge is 0.465 e. The Balaban J connectivity index is 1.36. The molecule has 5 rings (SSSR count). The van der Waals surface area contributed by atoms with E-state index in [-0.39, 0.29) is 28.7 Å². The van der Waals surface area contributed by atoms with Crippen LogP contribution in [-0.4, -0.2) is 65.6 Å². The Bertz CT molecular complexity index is 1420. The van der Waals surface area contributed by atoms with E-state index in [9.17, 15) is 14.7 Å². The normalized spacial score (nSPS) is 21.9. The van der Waals surface area contributed by atoms with Gasteiger partial charge in [-0.2, -0.15) is 0 Å². The number of anilines is 2. The molecule has 1 saturated carbocycles. The molecule has 3 N–H and O–H groups in total. The molecule has 1 saturated heterocycles. The minimum absolute atomic E-state index is 0.00473. The van der Waals surface area contributed by atoms with Gasteiger partial charge in [0.1, 0.15) is 5.69 Å². The van der Waals surface area contributed by atoms with Gasteiger partial charge in [-0.25, -0.2) is 14.8 Å². The van der Waals surface area contributed by atoms with Gasteiger partial charge in [0.15, 0.2) is 14.0 Å². The van der Waals surface area contributed by atoms with Crippen LogP contribution in [0.3, 0.4) is 0 Å².